The van der Waals surface area contributed by atoms with Crippen molar-refractivity contribution in [2.24, 2.45) is 0 Å². The number of carbonyl (C=O) groups excluding carboxylic acids is 1. The standard InChI is InChI=1S/C17H24FNO3/c1-2-3-4-5-6-7-8-15(18)16(20)19-14-11-9-13(10-12-14)17(21)22/h9-12,15H,2-8H2,1H3,(H,19,20)(H,21,22). The van der Waals surface area contributed by atoms with Crippen molar-refractivity contribution in [3.8, 4) is 0 Å². The third-order valence-corrected chi connectivity index (χ3v) is 3.50. The van der Waals surface area contributed by atoms with Crippen LogP contribution in [-0.2, 0) is 4.79 Å². The van der Waals surface area contributed by atoms with Crippen molar-refractivity contribution in [1.29, 1.82) is 0 Å². The number of hydrogen-bond donors (Lipinski definition) is 2. The molecule has 0 aliphatic heterocycles. The van der Waals surface area contributed by atoms with Crippen LogP contribution in [0.25, 0.3) is 0 Å². The molecular weight excluding hydrogens is 285 g/mol. The fourth-order valence-corrected chi connectivity index (χ4v) is 2.15. The summed E-state index contributed by atoms with van der Waals surface area (Å²) in [5, 5.41) is 11.2. The molecule has 0 saturated carbocycles. The maximum absolute atomic E-state index is 13.8. The highest BCUT2D eigenvalue weighted by atomic mass is 19.1. The second-order valence-electron chi connectivity index (χ2n) is 5.40. The Morgan fingerprint density at radius 2 is 1.68 bits per heavy atom. The number of benzene rings is 1. The van der Waals surface area contributed by atoms with Crippen LogP contribution in [-0.4, -0.2) is 23.2 Å². The summed E-state index contributed by atoms with van der Waals surface area (Å²) >= 11 is 0. The van der Waals surface area contributed by atoms with E-state index in [1.807, 2.05) is 0 Å². The quantitative estimate of drug-likeness (QED) is 0.629. The molecule has 122 valence electrons. The molecule has 1 atom stereocenters. The molecule has 0 aliphatic rings. The van der Waals surface area contributed by atoms with Gasteiger partial charge in [0.1, 0.15) is 0 Å². The van der Waals surface area contributed by atoms with Gasteiger partial charge in [-0.15, -0.1) is 0 Å². The van der Waals surface area contributed by atoms with Gasteiger partial charge in [-0.05, 0) is 30.7 Å². The first kappa shape index (κ1) is 18.1. The molecule has 1 rings (SSSR count). The molecule has 0 bridgehead atoms. The molecule has 0 fully saturated rings. The van der Waals surface area contributed by atoms with Crippen LogP contribution in [0.4, 0.5) is 10.1 Å². The zero-order valence-electron chi connectivity index (χ0n) is 13.0. The smallest absolute Gasteiger partial charge is 0.335 e. The highest BCUT2D eigenvalue weighted by Gasteiger charge is 2.16. The molecule has 0 heterocycles. The van der Waals surface area contributed by atoms with E-state index in [0.717, 1.165) is 19.3 Å². The van der Waals surface area contributed by atoms with E-state index in [4.69, 9.17) is 5.11 Å². The molecule has 5 heteroatoms. The third-order valence-electron chi connectivity index (χ3n) is 3.50. The molecule has 4 nitrogen and oxygen atoms in total. The lowest BCUT2D eigenvalue weighted by molar-refractivity contribution is -0.121. The second kappa shape index (κ2) is 9.92. The molecule has 0 radical (unpaired) electrons. The predicted molar refractivity (Wildman–Crippen MR) is 84.9 cm³/mol. The summed E-state index contributed by atoms with van der Waals surface area (Å²) in [4.78, 5) is 22.4. The van der Waals surface area contributed by atoms with Gasteiger partial charge < -0.3 is 10.4 Å². The summed E-state index contributed by atoms with van der Waals surface area (Å²) in [7, 11) is 0. The first-order chi connectivity index (χ1) is 10.5. The van der Waals surface area contributed by atoms with Crippen molar-refractivity contribution in [3.05, 3.63) is 29.8 Å². The van der Waals surface area contributed by atoms with Gasteiger partial charge in [-0.1, -0.05) is 45.4 Å². The molecule has 0 saturated heterocycles. The third kappa shape index (κ3) is 6.70. The van der Waals surface area contributed by atoms with Crippen LogP contribution in [0.2, 0.25) is 0 Å². The number of carboxylic acid groups (broad SMARTS) is 1. The molecule has 0 aliphatic carbocycles. The lowest BCUT2D eigenvalue weighted by Crippen LogP contribution is -2.24. The number of hydrogen-bond acceptors (Lipinski definition) is 2. The van der Waals surface area contributed by atoms with Crippen molar-refractivity contribution in [3.63, 3.8) is 0 Å². The van der Waals surface area contributed by atoms with Crippen molar-refractivity contribution in [1.82, 2.24) is 0 Å². The van der Waals surface area contributed by atoms with E-state index >= 15 is 0 Å². The molecule has 1 unspecified atom stereocenters. The number of alkyl halides is 1. The summed E-state index contributed by atoms with van der Waals surface area (Å²) in [6.07, 6.45) is 4.97. The van der Waals surface area contributed by atoms with E-state index < -0.39 is 18.0 Å². The highest BCUT2D eigenvalue weighted by Crippen LogP contribution is 2.14. The van der Waals surface area contributed by atoms with Crippen LogP contribution >= 0.6 is 0 Å². The number of unbranched alkanes of at least 4 members (excludes halogenated alkanes) is 5. The Hall–Kier alpha value is -1.91. The van der Waals surface area contributed by atoms with Gasteiger partial charge in [0.15, 0.2) is 6.17 Å². The van der Waals surface area contributed by atoms with Crippen molar-refractivity contribution >= 4 is 17.6 Å². The molecule has 2 N–H and O–H groups in total. The molecule has 1 amide bonds. The number of aromatic carboxylic acids is 1. The molecular formula is C17H24FNO3. The first-order valence-electron chi connectivity index (χ1n) is 7.83. The van der Waals surface area contributed by atoms with Gasteiger partial charge in [0.2, 0.25) is 0 Å². The zero-order chi connectivity index (χ0) is 16.4. The normalized spacial score (nSPS) is 11.9. The number of anilines is 1. The summed E-state index contributed by atoms with van der Waals surface area (Å²) in [6.45, 7) is 2.14. The number of nitrogens with one attached hydrogen (secondary N) is 1. The lowest BCUT2D eigenvalue weighted by atomic mass is 10.1. The maximum Gasteiger partial charge on any atom is 0.335 e. The van der Waals surface area contributed by atoms with Crippen molar-refractivity contribution in [2.45, 2.75) is 58.0 Å². The van der Waals surface area contributed by atoms with Crippen LogP contribution in [0.15, 0.2) is 24.3 Å². The first-order valence-corrected chi connectivity index (χ1v) is 7.83. The summed E-state index contributed by atoms with van der Waals surface area (Å²) < 4.78 is 13.8. The Balaban J connectivity index is 2.30. The topological polar surface area (TPSA) is 66.4 Å². The number of carboxylic acids is 1. The van der Waals surface area contributed by atoms with Gasteiger partial charge in [-0.25, -0.2) is 9.18 Å². The molecule has 1 aromatic rings. The number of halogens is 1. The fraction of sp³-hybridized carbons (Fsp3) is 0.529. The Bertz CT molecular complexity index is 473. The fourth-order valence-electron chi connectivity index (χ4n) is 2.15. The monoisotopic (exact) mass is 309 g/mol. The Labute approximate surface area is 130 Å². The van der Waals surface area contributed by atoms with Crippen LogP contribution in [0.5, 0.6) is 0 Å². The summed E-state index contributed by atoms with van der Waals surface area (Å²) in [6, 6.07) is 5.66. The summed E-state index contributed by atoms with van der Waals surface area (Å²) in [5.41, 5.74) is 0.530. The van der Waals surface area contributed by atoms with Crippen LogP contribution in [0.1, 0.15) is 62.2 Å². The minimum Gasteiger partial charge on any atom is -0.478 e. The molecule has 22 heavy (non-hydrogen) atoms. The van der Waals surface area contributed by atoms with Gasteiger partial charge in [0.25, 0.3) is 5.91 Å². The largest absolute Gasteiger partial charge is 0.478 e. The van der Waals surface area contributed by atoms with E-state index in [1.165, 1.54) is 37.1 Å². The molecule has 0 aromatic heterocycles. The Morgan fingerprint density at radius 1 is 1.09 bits per heavy atom. The number of rotatable bonds is 10. The van der Waals surface area contributed by atoms with Crippen molar-refractivity contribution < 1.29 is 19.1 Å². The second-order valence-corrected chi connectivity index (χ2v) is 5.40. The van der Waals surface area contributed by atoms with Crippen molar-refractivity contribution in [2.75, 3.05) is 5.32 Å². The number of amides is 1. The zero-order valence-corrected chi connectivity index (χ0v) is 13.0. The Morgan fingerprint density at radius 3 is 2.27 bits per heavy atom. The Kier molecular flexibility index (Phi) is 8.18. The van der Waals surface area contributed by atoms with E-state index in [9.17, 15) is 14.0 Å². The van der Waals surface area contributed by atoms with Crippen LogP contribution in [0.3, 0.4) is 0 Å². The number of carbonyl (C=O) groups is 2. The van der Waals surface area contributed by atoms with Gasteiger partial charge in [0.05, 0.1) is 5.56 Å². The average Bonchev–Trinajstić information content (AvgIpc) is 2.51. The highest BCUT2D eigenvalue weighted by molar-refractivity contribution is 5.95. The van der Waals surface area contributed by atoms with E-state index in [1.54, 1.807) is 0 Å². The lowest BCUT2D eigenvalue weighted by Gasteiger charge is -2.09. The van der Waals surface area contributed by atoms with E-state index in [0.29, 0.717) is 12.1 Å². The minimum absolute atomic E-state index is 0.127. The SMILES string of the molecule is CCCCCCCCC(F)C(=O)Nc1ccc(C(=O)O)cc1. The van der Waals surface area contributed by atoms with Gasteiger partial charge in [-0.3, -0.25) is 4.79 Å². The van der Waals surface area contributed by atoms with E-state index in [2.05, 4.69) is 12.2 Å². The minimum atomic E-state index is -1.52. The van der Waals surface area contributed by atoms with Gasteiger partial charge in [0, 0.05) is 5.69 Å². The molecule has 0 spiro atoms. The van der Waals surface area contributed by atoms with E-state index in [-0.39, 0.29) is 12.0 Å². The predicted octanol–water partition coefficient (Wildman–Crippen LogP) is 4.41. The molecule has 1 aromatic carbocycles. The van der Waals surface area contributed by atoms with Gasteiger partial charge >= 0.3 is 5.97 Å². The van der Waals surface area contributed by atoms with Gasteiger partial charge in [-0.2, -0.15) is 0 Å². The summed E-state index contributed by atoms with van der Waals surface area (Å²) in [5.74, 6) is -1.71. The maximum atomic E-state index is 13.8. The van der Waals surface area contributed by atoms with Crippen LogP contribution in [0, 0.1) is 0 Å². The van der Waals surface area contributed by atoms with Crippen LogP contribution < -0.4 is 5.32 Å². The average molecular weight is 309 g/mol.